The lowest BCUT2D eigenvalue weighted by molar-refractivity contribution is -0.120. The van der Waals surface area contributed by atoms with Crippen LogP contribution in [0.4, 0.5) is 5.82 Å². The molecule has 1 fully saturated rings. The van der Waals surface area contributed by atoms with Crippen molar-refractivity contribution in [3.05, 3.63) is 76.9 Å². The Balaban J connectivity index is 1.32. The summed E-state index contributed by atoms with van der Waals surface area (Å²) in [5.41, 5.74) is 2.33. The van der Waals surface area contributed by atoms with E-state index >= 15 is 0 Å². The second kappa shape index (κ2) is 9.44. The molecule has 2 heterocycles. The van der Waals surface area contributed by atoms with Gasteiger partial charge in [0.1, 0.15) is 0 Å². The predicted molar refractivity (Wildman–Crippen MR) is 124 cm³/mol. The van der Waals surface area contributed by atoms with Crippen molar-refractivity contribution in [2.45, 2.75) is 31.2 Å². The molecule has 1 aliphatic rings. The number of carbonyl (C=O) groups is 1. The van der Waals surface area contributed by atoms with E-state index in [2.05, 4.69) is 16.5 Å². The van der Waals surface area contributed by atoms with Crippen molar-refractivity contribution < 1.29 is 13.2 Å². The van der Waals surface area contributed by atoms with Gasteiger partial charge in [0, 0.05) is 36.3 Å². The first-order valence-electron chi connectivity index (χ1n) is 10.5. The van der Waals surface area contributed by atoms with Gasteiger partial charge in [-0.25, -0.2) is 8.42 Å². The molecule has 0 radical (unpaired) electrons. The molecule has 4 rings (SSSR count). The van der Waals surface area contributed by atoms with E-state index in [4.69, 9.17) is 11.6 Å². The third-order valence-corrected chi connectivity index (χ3v) is 7.76. The molecule has 0 spiro atoms. The average Bonchev–Trinajstić information content (AvgIpc) is 3.20. The molecule has 0 unspecified atom stereocenters. The van der Waals surface area contributed by atoms with E-state index in [0.717, 1.165) is 5.56 Å². The monoisotopic (exact) mass is 472 g/mol. The normalized spacial score (nSPS) is 15.6. The fourth-order valence-corrected chi connectivity index (χ4v) is 5.45. The Labute approximate surface area is 193 Å². The summed E-state index contributed by atoms with van der Waals surface area (Å²) in [7, 11) is -3.59. The number of amides is 1. The van der Waals surface area contributed by atoms with Crippen molar-refractivity contribution in [1.29, 1.82) is 0 Å². The number of nitrogens with zero attached hydrogens (tertiary/aromatic N) is 3. The molecule has 168 valence electrons. The minimum Gasteiger partial charge on any atom is -0.309 e. The molecule has 1 saturated heterocycles. The Morgan fingerprint density at radius 1 is 1.12 bits per heavy atom. The van der Waals surface area contributed by atoms with Crippen molar-refractivity contribution in [2.75, 3.05) is 18.4 Å². The van der Waals surface area contributed by atoms with Crippen LogP contribution in [0.5, 0.6) is 0 Å². The topological polar surface area (TPSA) is 84.3 Å². The van der Waals surface area contributed by atoms with Crippen molar-refractivity contribution >= 4 is 33.3 Å². The van der Waals surface area contributed by atoms with Crippen LogP contribution in [0.15, 0.2) is 65.7 Å². The number of aromatic nitrogens is 2. The third kappa shape index (κ3) is 5.20. The maximum absolute atomic E-state index is 12.8. The third-order valence-electron chi connectivity index (χ3n) is 5.60. The summed E-state index contributed by atoms with van der Waals surface area (Å²) in [5.74, 6) is 0.113. The average molecular weight is 473 g/mol. The van der Waals surface area contributed by atoms with Crippen LogP contribution in [0, 0.1) is 12.8 Å². The number of sulfonamides is 1. The van der Waals surface area contributed by atoms with Gasteiger partial charge < -0.3 is 5.32 Å². The van der Waals surface area contributed by atoms with E-state index < -0.39 is 10.0 Å². The molecule has 2 aromatic carbocycles. The molecular formula is C23H25ClN4O3S. The molecule has 32 heavy (non-hydrogen) atoms. The minimum atomic E-state index is -3.59. The molecule has 7 nitrogen and oxygen atoms in total. The highest BCUT2D eigenvalue weighted by atomic mass is 35.5. The molecule has 3 aromatic rings. The first-order chi connectivity index (χ1) is 15.3. The van der Waals surface area contributed by atoms with Crippen molar-refractivity contribution in [3.8, 4) is 0 Å². The zero-order chi connectivity index (χ0) is 22.7. The lowest BCUT2D eigenvalue weighted by atomic mass is 9.97. The van der Waals surface area contributed by atoms with Crippen LogP contribution in [0.1, 0.15) is 24.0 Å². The Hall–Kier alpha value is -2.68. The summed E-state index contributed by atoms with van der Waals surface area (Å²) in [4.78, 5) is 12.9. The zero-order valence-electron chi connectivity index (χ0n) is 17.7. The van der Waals surface area contributed by atoms with Gasteiger partial charge in [0.2, 0.25) is 15.9 Å². The number of hydrogen-bond acceptors (Lipinski definition) is 4. The number of rotatable bonds is 6. The van der Waals surface area contributed by atoms with Gasteiger partial charge in [0.05, 0.1) is 11.4 Å². The van der Waals surface area contributed by atoms with E-state index in [1.165, 1.54) is 22.0 Å². The van der Waals surface area contributed by atoms with Crippen LogP contribution in [0.3, 0.4) is 0 Å². The quantitative estimate of drug-likeness (QED) is 0.589. The number of aryl methyl sites for hydroxylation is 1. The van der Waals surface area contributed by atoms with Gasteiger partial charge in [-0.15, -0.1) is 0 Å². The van der Waals surface area contributed by atoms with Crippen LogP contribution in [-0.4, -0.2) is 41.5 Å². The molecule has 1 N–H and O–H groups in total. The lowest BCUT2D eigenvalue weighted by Gasteiger charge is -2.30. The molecule has 1 aliphatic heterocycles. The molecule has 9 heteroatoms. The number of piperidine rings is 1. The van der Waals surface area contributed by atoms with E-state index in [1.807, 2.05) is 31.3 Å². The Bertz CT molecular complexity index is 1200. The van der Waals surface area contributed by atoms with Crippen molar-refractivity contribution in [1.82, 2.24) is 14.1 Å². The van der Waals surface area contributed by atoms with Gasteiger partial charge >= 0.3 is 0 Å². The number of hydrogen-bond donors (Lipinski definition) is 1. The Morgan fingerprint density at radius 3 is 2.53 bits per heavy atom. The van der Waals surface area contributed by atoms with Crippen molar-refractivity contribution in [3.63, 3.8) is 0 Å². The van der Waals surface area contributed by atoms with E-state index in [1.54, 1.807) is 22.9 Å². The van der Waals surface area contributed by atoms with Crippen molar-refractivity contribution in [2.24, 2.45) is 5.92 Å². The standard InChI is InChI=1S/C23H25ClN4O3S/c1-17-3-2-4-18(15-17)16-27-12-11-22(26-27)25-23(29)19-9-13-28(14-10-19)32(30,31)21-7-5-20(24)6-8-21/h2-8,11-12,15,19H,9-10,13-14,16H2,1H3,(H,25,26,29). The van der Waals surface area contributed by atoms with Gasteiger partial charge in [-0.1, -0.05) is 41.4 Å². The highest BCUT2D eigenvalue weighted by Crippen LogP contribution is 2.25. The largest absolute Gasteiger partial charge is 0.309 e. The molecule has 0 bridgehead atoms. The van der Waals surface area contributed by atoms with Crippen LogP contribution in [0.2, 0.25) is 5.02 Å². The van der Waals surface area contributed by atoms with E-state index in [9.17, 15) is 13.2 Å². The molecule has 0 atom stereocenters. The van der Waals surface area contributed by atoms with Gasteiger partial charge in [-0.3, -0.25) is 9.48 Å². The second-order valence-corrected chi connectivity index (χ2v) is 10.4. The smallest absolute Gasteiger partial charge is 0.243 e. The molecule has 0 saturated carbocycles. The number of anilines is 1. The number of nitrogens with one attached hydrogen (secondary N) is 1. The first kappa shape index (κ1) is 22.5. The van der Waals surface area contributed by atoms with Gasteiger partial charge in [-0.2, -0.15) is 9.40 Å². The van der Waals surface area contributed by atoms with E-state index in [0.29, 0.717) is 43.3 Å². The fraction of sp³-hybridized carbons (Fsp3) is 0.304. The van der Waals surface area contributed by atoms with Crippen LogP contribution in [-0.2, 0) is 21.4 Å². The number of benzene rings is 2. The molecule has 1 amide bonds. The summed E-state index contributed by atoms with van der Waals surface area (Å²) in [5, 5.41) is 7.79. The summed E-state index contributed by atoms with van der Waals surface area (Å²) >= 11 is 5.86. The number of halogens is 1. The Morgan fingerprint density at radius 2 is 1.84 bits per heavy atom. The maximum Gasteiger partial charge on any atom is 0.243 e. The number of carbonyl (C=O) groups excluding carboxylic acids is 1. The highest BCUT2D eigenvalue weighted by molar-refractivity contribution is 7.89. The predicted octanol–water partition coefficient (Wildman–Crippen LogP) is 3.93. The summed E-state index contributed by atoms with van der Waals surface area (Å²) in [6, 6.07) is 16.1. The molecular weight excluding hydrogens is 448 g/mol. The summed E-state index contributed by atoms with van der Waals surface area (Å²) < 4.78 is 28.8. The summed E-state index contributed by atoms with van der Waals surface area (Å²) in [6.07, 6.45) is 2.75. The van der Waals surface area contributed by atoms with Gasteiger partial charge in [0.15, 0.2) is 5.82 Å². The maximum atomic E-state index is 12.8. The molecule has 0 aliphatic carbocycles. The summed E-state index contributed by atoms with van der Waals surface area (Å²) in [6.45, 7) is 3.26. The fourth-order valence-electron chi connectivity index (χ4n) is 3.86. The SMILES string of the molecule is Cc1cccc(Cn2ccc(NC(=O)C3CCN(S(=O)(=O)c4ccc(Cl)cc4)CC3)n2)c1. The van der Waals surface area contributed by atoms with Crippen LogP contribution < -0.4 is 5.32 Å². The second-order valence-electron chi connectivity index (χ2n) is 8.01. The zero-order valence-corrected chi connectivity index (χ0v) is 19.3. The van der Waals surface area contributed by atoms with Crippen LogP contribution in [0.25, 0.3) is 0 Å². The Kier molecular flexibility index (Phi) is 6.64. The molecule has 1 aromatic heterocycles. The van der Waals surface area contributed by atoms with E-state index in [-0.39, 0.29) is 16.7 Å². The first-order valence-corrected chi connectivity index (χ1v) is 12.3. The van der Waals surface area contributed by atoms with Gasteiger partial charge in [-0.05, 0) is 49.6 Å². The van der Waals surface area contributed by atoms with Gasteiger partial charge in [0.25, 0.3) is 0 Å². The highest BCUT2D eigenvalue weighted by Gasteiger charge is 2.32. The lowest BCUT2D eigenvalue weighted by Crippen LogP contribution is -2.41. The minimum absolute atomic E-state index is 0.130. The van der Waals surface area contributed by atoms with Crippen LogP contribution >= 0.6 is 11.6 Å².